The first-order valence-electron chi connectivity index (χ1n) is 8.51. The SMILES string of the molecule is O=C(O)CCCC(=O)N1CCN(C(=O)CCOc2ccccc2)CC1. The summed E-state index contributed by atoms with van der Waals surface area (Å²) in [6.45, 7) is 2.34. The highest BCUT2D eigenvalue weighted by Gasteiger charge is 2.23. The molecule has 0 unspecified atom stereocenters. The Balaban J connectivity index is 1.64. The number of carboxylic acids is 1. The fraction of sp³-hybridized carbons (Fsp3) is 0.500. The lowest BCUT2D eigenvalue weighted by Crippen LogP contribution is -2.50. The standard InChI is InChI=1S/C18H24N2O5/c21-16(7-4-8-18(23)24)19-10-12-20(13-11-19)17(22)9-14-25-15-5-2-1-3-6-15/h1-3,5-6H,4,7-14H2,(H,23,24). The van der Waals surface area contributed by atoms with Crippen molar-refractivity contribution in [2.75, 3.05) is 32.8 Å². The lowest BCUT2D eigenvalue weighted by molar-refractivity contribution is -0.140. The van der Waals surface area contributed by atoms with E-state index in [2.05, 4.69) is 0 Å². The molecule has 0 atom stereocenters. The number of carbonyl (C=O) groups is 3. The number of piperazine rings is 1. The Bertz CT molecular complexity index is 582. The second-order valence-electron chi connectivity index (χ2n) is 5.92. The third-order valence-electron chi connectivity index (χ3n) is 4.09. The number of carboxylic acid groups (broad SMARTS) is 1. The van der Waals surface area contributed by atoms with E-state index in [1.165, 1.54) is 0 Å². The second-order valence-corrected chi connectivity index (χ2v) is 5.92. The van der Waals surface area contributed by atoms with Gasteiger partial charge in [-0.3, -0.25) is 14.4 Å². The zero-order valence-corrected chi connectivity index (χ0v) is 14.2. The van der Waals surface area contributed by atoms with Crippen molar-refractivity contribution >= 4 is 17.8 Å². The summed E-state index contributed by atoms with van der Waals surface area (Å²) in [7, 11) is 0. The quantitative estimate of drug-likeness (QED) is 0.767. The molecular formula is C18H24N2O5. The highest BCUT2D eigenvalue weighted by Crippen LogP contribution is 2.10. The van der Waals surface area contributed by atoms with E-state index in [4.69, 9.17) is 9.84 Å². The molecule has 0 aromatic heterocycles. The van der Waals surface area contributed by atoms with Gasteiger partial charge >= 0.3 is 5.97 Å². The molecule has 0 aliphatic carbocycles. The van der Waals surface area contributed by atoms with Gasteiger partial charge in [-0.2, -0.15) is 0 Å². The minimum Gasteiger partial charge on any atom is -0.493 e. The monoisotopic (exact) mass is 348 g/mol. The molecule has 7 nitrogen and oxygen atoms in total. The van der Waals surface area contributed by atoms with Gasteiger partial charge in [-0.05, 0) is 18.6 Å². The Hall–Kier alpha value is -2.57. The average Bonchev–Trinajstić information content (AvgIpc) is 2.62. The van der Waals surface area contributed by atoms with Gasteiger partial charge in [0.2, 0.25) is 11.8 Å². The number of amides is 2. The summed E-state index contributed by atoms with van der Waals surface area (Å²) in [5.74, 6) is -0.164. The molecule has 1 aromatic carbocycles. The van der Waals surface area contributed by atoms with Crippen molar-refractivity contribution < 1.29 is 24.2 Å². The largest absolute Gasteiger partial charge is 0.493 e. The molecule has 0 saturated carbocycles. The second kappa shape index (κ2) is 9.66. The molecule has 1 aromatic rings. The van der Waals surface area contributed by atoms with Gasteiger partial charge in [0.05, 0.1) is 13.0 Å². The van der Waals surface area contributed by atoms with E-state index >= 15 is 0 Å². The van der Waals surface area contributed by atoms with Crippen LogP contribution in [0.5, 0.6) is 5.75 Å². The van der Waals surface area contributed by atoms with Crippen LogP contribution in [0.2, 0.25) is 0 Å². The molecular weight excluding hydrogens is 324 g/mol. The van der Waals surface area contributed by atoms with Crippen molar-refractivity contribution in [1.82, 2.24) is 9.80 Å². The molecule has 0 radical (unpaired) electrons. The van der Waals surface area contributed by atoms with Crippen LogP contribution in [-0.2, 0) is 14.4 Å². The molecule has 1 N–H and O–H groups in total. The normalized spacial score (nSPS) is 14.2. The van der Waals surface area contributed by atoms with Crippen molar-refractivity contribution in [3.8, 4) is 5.75 Å². The van der Waals surface area contributed by atoms with E-state index in [1.54, 1.807) is 9.80 Å². The topological polar surface area (TPSA) is 87.2 Å². The molecule has 1 saturated heterocycles. The lowest BCUT2D eigenvalue weighted by Gasteiger charge is -2.35. The van der Waals surface area contributed by atoms with Gasteiger partial charge in [0, 0.05) is 39.0 Å². The molecule has 136 valence electrons. The number of benzene rings is 1. The summed E-state index contributed by atoms with van der Waals surface area (Å²) in [4.78, 5) is 38.1. The Kier molecular flexibility index (Phi) is 7.25. The minimum absolute atomic E-state index is 0.00556. The van der Waals surface area contributed by atoms with Gasteiger partial charge in [-0.15, -0.1) is 0 Å². The predicted molar refractivity (Wildman–Crippen MR) is 91.2 cm³/mol. The van der Waals surface area contributed by atoms with Crippen molar-refractivity contribution in [2.45, 2.75) is 25.7 Å². The zero-order valence-electron chi connectivity index (χ0n) is 14.2. The minimum atomic E-state index is -0.888. The Morgan fingerprint density at radius 2 is 1.44 bits per heavy atom. The fourth-order valence-electron chi connectivity index (χ4n) is 2.69. The number of para-hydroxylation sites is 1. The smallest absolute Gasteiger partial charge is 0.303 e. The van der Waals surface area contributed by atoms with Crippen molar-refractivity contribution in [3.05, 3.63) is 30.3 Å². The van der Waals surface area contributed by atoms with E-state index in [0.29, 0.717) is 45.6 Å². The summed E-state index contributed by atoms with van der Waals surface area (Å²) in [5.41, 5.74) is 0. The van der Waals surface area contributed by atoms with Gasteiger partial charge in [0.25, 0.3) is 0 Å². The van der Waals surface area contributed by atoms with Crippen molar-refractivity contribution in [3.63, 3.8) is 0 Å². The van der Waals surface area contributed by atoms with E-state index in [-0.39, 0.29) is 24.7 Å². The van der Waals surface area contributed by atoms with Gasteiger partial charge in [0.15, 0.2) is 0 Å². The van der Waals surface area contributed by atoms with Crippen molar-refractivity contribution in [1.29, 1.82) is 0 Å². The first kappa shape index (κ1) is 18.8. The maximum atomic E-state index is 12.2. The molecule has 1 aliphatic rings. The van der Waals surface area contributed by atoms with Crippen LogP contribution in [0.3, 0.4) is 0 Å². The summed E-state index contributed by atoms with van der Waals surface area (Å²) < 4.78 is 5.53. The predicted octanol–water partition coefficient (Wildman–Crippen LogP) is 1.38. The Morgan fingerprint density at radius 1 is 0.880 bits per heavy atom. The Morgan fingerprint density at radius 3 is 2.00 bits per heavy atom. The molecule has 25 heavy (non-hydrogen) atoms. The highest BCUT2D eigenvalue weighted by atomic mass is 16.5. The van der Waals surface area contributed by atoms with Crippen LogP contribution < -0.4 is 4.74 Å². The third kappa shape index (κ3) is 6.45. The number of ether oxygens (including phenoxy) is 1. The number of hydrogen-bond acceptors (Lipinski definition) is 4. The maximum Gasteiger partial charge on any atom is 0.303 e. The number of nitrogens with zero attached hydrogens (tertiary/aromatic N) is 2. The number of carbonyl (C=O) groups excluding carboxylic acids is 2. The van der Waals surface area contributed by atoms with Crippen LogP contribution in [-0.4, -0.2) is 65.5 Å². The highest BCUT2D eigenvalue weighted by molar-refractivity contribution is 5.79. The average molecular weight is 348 g/mol. The fourth-order valence-corrected chi connectivity index (χ4v) is 2.69. The molecule has 0 spiro atoms. The van der Waals surface area contributed by atoms with E-state index in [1.807, 2.05) is 30.3 Å². The van der Waals surface area contributed by atoms with Crippen LogP contribution in [0.15, 0.2) is 30.3 Å². The summed E-state index contributed by atoms with van der Waals surface area (Å²) >= 11 is 0. The molecule has 1 aliphatic heterocycles. The third-order valence-corrected chi connectivity index (χ3v) is 4.09. The summed E-state index contributed by atoms with van der Waals surface area (Å²) in [6, 6.07) is 9.35. The van der Waals surface area contributed by atoms with Gasteiger partial charge in [0.1, 0.15) is 5.75 Å². The number of rotatable bonds is 8. The Labute approximate surface area is 147 Å². The number of hydrogen-bond donors (Lipinski definition) is 1. The number of aliphatic carboxylic acids is 1. The first-order valence-corrected chi connectivity index (χ1v) is 8.51. The van der Waals surface area contributed by atoms with Crippen molar-refractivity contribution in [2.24, 2.45) is 0 Å². The van der Waals surface area contributed by atoms with Crippen LogP contribution in [0.4, 0.5) is 0 Å². The first-order chi connectivity index (χ1) is 12.1. The van der Waals surface area contributed by atoms with Crippen LogP contribution in [0, 0.1) is 0 Å². The molecule has 0 bridgehead atoms. The van der Waals surface area contributed by atoms with Crippen LogP contribution >= 0.6 is 0 Å². The molecule has 2 amide bonds. The van der Waals surface area contributed by atoms with E-state index in [0.717, 1.165) is 5.75 Å². The lowest BCUT2D eigenvalue weighted by atomic mass is 10.2. The molecule has 7 heteroatoms. The maximum absolute atomic E-state index is 12.2. The molecule has 1 fully saturated rings. The van der Waals surface area contributed by atoms with Gasteiger partial charge in [-0.1, -0.05) is 18.2 Å². The summed E-state index contributed by atoms with van der Waals surface area (Å²) in [6.07, 6.45) is 0.905. The van der Waals surface area contributed by atoms with E-state index < -0.39 is 5.97 Å². The molecule has 2 rings (SSSR count). The van der Waals surface area contributed by atoms with E-state index in [9.17, 15) is 14.4 Å². The molecule has 1 heterocycles. The van der Waals surface area contributed by atoms with Gasteiger partial charge in [-0.25, -0.2) is 0 Å². The zero-order chi connectivity index (χ0) is 18.1. The van der Waals surface area contributed by atoms with Crippen LogP contribution in [0.25, 0.3) is 0 Å². The summed E-state index contributed by atoms with van der Waals surface area (Å²) in [5, 5.41) is 8.60. The van der Waals surface area contributed by atoms with Crippen LogP contribution in [0.1, 0.15) is 25.7 Å². The van der Waals surface area contributed by atoms with Gasteiger partial charge < -0.3 is 19.6 Å².